The second-order valence-corrected chi connectivity index (χ2v) is 3.51. The van der Waals surface area contributed by atoms with Crippen LogP contribution >= 0.6 is 0 Å². The zero-order chi connectivity index (χ0) is 15.9. The second kappa shape index (κ2) is 4.54. The highest BCUT2D eigenvalue weighted by Gasteiger charge is 2.40. The minimum Gasteiger partial charge on any atom is -0.359 e. The van der Waals surface area contributed by atoms with E-state index < -0.39 is 44.3 Å². The molecular formula is C6N8O8. The third-order valence-corrected chi connectivity index (χ3v) is 2.35. The van der Waals surface area contributed by atoms with Gasteiger partial charge < -0.3 is 25.4 Å². The molecule has 3 heterocycles. The van der Waals surface area contributed by atoms with Crippen LogP contribution in [-0.4, -0.2) is 35.6 Å². The number of nitro groups is 2. The molecule has 0 spiro atoms. The highest BCUT2D eigenvalue weighted by Crippen LogP contribution is 2.33. The first-order valence-electron chi connectivity index (χ1n) is 5.05. The predicted octanol–water partition coefficient (Wildman–Crippen LogP) is -0.776. The molecule has 0 aliphatic heterocycles. The third kappa shape index (κ3) is 1.78. The number of hydrogen-bond acceptors (Lipinski definition) is 13. The summed E-state index contributed by atoms with van der Waals surface area (Å²) in [5, 5.41) is 48.8. The number of aromatic nitrogens is 6. The molecule has 0 bridgehead atoms. The molecule has 0 saturated carbocycles. The van der Waals surface area contributed by atoms with Crippen LogP contribution in [0.5, 0.6) is 0 Å². The Kier molecular flexibility index (Phi) is 2.69. The van der Waals surface area contributed by atoms with Crippen molar-refractivity contribution in [3.05, 3.63) is 25.4 Å². The number of rotatable bonds is 4. The van der Waals surface area contributed by atoms with Crippen LogP contribution in [0.1, 0.15) is 0 Å². The summed E-state index contributed by atoms with van der Waals surface area (Å²) >= 11 is 0. The maximum Gasteiger partial charge on any atom is 0.446 e. The van der Waals surface area contributed by atoms with E-state index in [0.717, 1.165) is 0 Å². The molecule has 16 nitrogen and oxygen atoms in total. The van der Waals surface area contributed by atoms with Gasteiger partial charge in [0.05, 0.1) is 0 Å². The maximum atomic E-state index is 11.6. The summed E-state index contributed by atoms with van der Waals surface area (Å²) in [7, 11) is 0. The molecule has 0 unspecified atom stereocenters. The van der Waals surface area contributed by atoms with Gasteiger partial charge in [0, 0.05) is 5.16 Å². The molecule has 0 saturated heterocycles. The summed E-state index contributed by atoms with van der Waals surface area (Å²) in [5.74, 6) is -1.80. The Morgan fingerprint density at radius 2 is 1.36 bits per heavy atom. The van der Waals surface area contributed by atoms with Gasteiger partial charge in [0.15, 0.2) is 10.3 Å². The Balaban J connectivity index is 2.25. The van der Waals surface area contributed by atoms with E-state index in [1.807, 2.05) is 0 Å². The molecular weight excluding hydrogens is 312 g/mol. The van der Waals surface area contributed by atoms with E-state index in [9.17, 15) is 25.4 Å². The highest BCUT2D eigenvalue weighted by molar-refractivity contribution is 5.77. The van der Waals surface area contributed by atoms with Crippen LogP contribution in [-0.2, 0) is 0 Å². The molecule has 0 aliphatic rings. The van der Waals surface area contributed by atoms with Crippen LogP contribution in [0, 0.1) is 25.4 Å². The van der Waals surface area contributed by atoms with Crippen LogP contribution in [0.3, 0.4) is 0 Å². The van der Waals surface area contributed by atoms with E-state index in [1.54, 1.807) is 0 Å². The highest BCUT2D eigenvalue weighted by atomic mass is 16.8. The molecule has 0 N–H and O–H groups in total. The third-order valence-electron chi connectivity index (χ3n) is 2.35. The molecule has 0 radical (unpaired) electrons. The Labute approximate surface area is 115 Å². The Morgan fingerprint density at radius 1 is 0.818 bits per heavy atom. The van der Waals surface area contributed by atoms with Crippen LogP contribution in [0.15, 0.2) is 13.9 Å². The molecule has 3 aromatic rings. The van der Waals surface area contributed by atoms with Crippen LogP contribution < -0.4 is 4.90 Å². The first-order chi connectivity index (χ1) is 10.5. The monoisotopic (exact) mass is 312 g/mol. The number of hydrogen-bond donors (Lipinski definition) is 0. The van der Waals surface area contributed by atoms with Gasteiger partial charge in [0.2, 0.25) is 0 Å². The molecule has 3 rings (SSSR count). The lowest BCUT2D eigenvalue weighted by Gasteiger charge is -1.92. The van der Waals surface area contributed by atoms with Crippen molar-refractivity contribution in [1.82, 2.24) is 25.8 Å². The minimum absolute atomic E-state index is 0.278. The lowest BCUT2D eigenvalue weighted by molar-refractivity contribution is -0.793. The normalized spacial score (nSPS) is 10.7. The number of nitrogens with zero attached hydrogens (tertiary/aromatic N) is 8. The van der Waals surface area contributed by atoms with E-state index in [-0.39, 0.29) is 4.90 Å². The molecule has 22 heavy (non-hydrogen) atoms. The quantitative estimate of drug-likeness (QED) is 0.328. The van der Waals surface area contributed by atoms with Crippen molar-refractivity contribution in [3.63, 3.8) is 0 Å². The molecule has 0 fully saturated rings. The minimum atomic E-state index is -0.988. The summed E-state index contributed by atoms with van der Waals surface area (Å²) in [6.07, 6.45) is 0. The van der Waals surface area contributed by atoms with Crippen molar-refractivity contribution in [2.45, 2.75) is 0 Å². The molecule has 0 amide bonds. The van der Waals surface area contributed by atoms with Gasteiger partial charge >= 0.3 is 11.6 Å². The molecule has 3 aromatic heterocycles. The fraction of sp³-hybridized carbons (Fsp3) is 0. The summed E-state index contributed by atoms with van der Waals surface area (Å²) < 4.78 is 12.6. The predicted molar refractivity (Wildman–Crippen MR) is 55.4 cm³/mol. The van der Waals surface area contributed by atoms with E-state index in [2.05, 4.69) is 39.7 Å². The lowest BCUT2D eigenvalue weighted by Crippen LogP contribution is -2.25. The molecule has 112 valence electrons. The SMILES string of the molecule is O=[N+]([O-])c1nonc1-c1no[n+]([O-])c1-c1nonc1[N+](=O)[O-]. The van der Waals surface area contributed by atoms with Crippen LogP contribution in [0.2, 0.25) is 0 Å². The van der Waals surface area contributed by atoms with Gasteiger partial charge in [0.25, 0.3) is 22.8 Å². The van der Waals surface area contributed by atoms with E-state index in [4.69, 9.17) is 0 Å². The van der Waals surface area contributed by atoms with Gasteiger partial charge in [0.1, 0.15) is 0 Å². The van der Waals surface area contributed by atoms with Gasteiger partial charge in [-0.15, -0.1) is 9.26 Å². The zero-order valence-corrected chi connectivity index (χ0v) is 9.84. The molecule has 0 atom stereocenters. The summed E-state index contributed by atoms with van der Waals surface area (Å²) in [4.78, 5) is 19.3. The average Bonchev–Trinajstić information content (AvgIpc) is 3.15. The van der Waals surface area contributed by atoms with Gasteiger partial charge in [-0.25, -0.2) is 0 Å². The van der Waals surface area contributed by atoms with Gasteiger partial charge in [-0.1, -0.05) is 0 Å². The van der Waals surface area contributed by atoms with Crippen molar-refractivity contribution < 1.29 is 28.6 Å². The first kappa shape index (κ1) is 13.0. The molecule has 0 aromatic carbocycles. The molecule has 0 aliphatic carbocycles. The Morgan fingerprint density at radius 3 is 1.95 bits per heavy atom. The second-order valence-electron chi connectivity index (χ2n) is 3.51. The lowest BCUT2D eigenvalue weighted by atomic mass is 10.2. The standard InChI is InChI=1S/C6N8O8/c15-12(16)5-2(7-20-10-5)1-4(14(19)22-9-1)3-6(13(17)18)11-21-8-3. The largest absolute Gasteiger partial charge is 0.446 e. The van der Waals surface area contributed by atoms with Crippen molar-refractivity contribution in [3.8, 4) is 22.8 Å². The van der Waals surface area contributed by atoms with E-state index in [1.165, 1.54) is 0 Å². The van der Waals surface area contributed by atoms with Crippen molar-refractivity contribution >= 4 is 11.6 Å². The Bertz CT molecular complexity index is 877. The van der Waals surface area contributed by atoms with Crippen molar-refractivity contribution in [1.29, 1.82) is 0 Å². The van der Waals surface area contributed by atoms with Crippen molar-refractivity contribution in [2.75, 3.05) is 0 Å². The van der Waals surface area contributed by atoms with Crippen LogP contribution in [0.4, 0.5) is 11.6 Å². The Hall–Kier alpha value is -3.98. The van der Waals surface area contributed by atoms with E-state index in [0.29, 0.717) is 0 Å². The fourth-order valence-corrected chi connectivity index (χ4v) is 1.51. The smallest absolute Gasteiger partial charge is 0.359 e. The fourth-order valence-electron chi connectivity index (χ4n) is 1.51. The van der Waals surface area contributed by atoms with Gasteiger partial charge in [-0.2, -0.15) is 0 Å². The topological polar surface area (TPSA) is 217 Å². The first-order valence-corrected chi connectivity index (χ1v) is 5.05. The van der Waals surface area contributed by atoms with Crippen molar-refractivity contribution in [2.24, 2.45) is 0 Å². The zero-order valence-electron chi connectivity index (χ0n) is 9.84. The van der Waals surface area contributed by atoms with E-state index >= 15 is 0 Å². The summed E-state index contributed by atoms with van der Waals surface area (Å²) in [6, 6.07) is 0. The average molecular weight is 312 g/mol. The van der Waals surface area contributed by atoms with Gasteiger partial charge in [-0.3, -0.25) is 4.63 Å². The summed E-state index contributed by atoms with van der Waals surface area (Å²) in [5.41, 5.74) is -2.47. The van der Waals surface area contributed by atoms with Gasteiger partial charge in [-0.05, 0) is 25.1 Å². The van der Waals surface area contributed by atoms with Crippen LogP contribution in [0.25, 0.3) is 22.8 Å². The maximum absolute atomic E-state index is 11.6. The molecule has 16 heteroatoms. The summed E-state index contributed by atoms with van der Waals surface area (Å²) in [6.45, 7) is 0.